The topological polar surface area (TPSA) is 79.4 Å². The lowest BCUT2D eigenvalue weighted by Gasteiger charge is -2.47. The van der Waals surface area contributed by atoms with E-state index in [4.69, 9.17) is 9.47 Å². The minimum atomic E-state index is -3.72. The van der Waals surface area contributed by atoms with Gasteiger partial charge >= 0.3 is 0 Å². The molecule has 45 heavy (non-hydrogen) atoms. The fraction of sp³-hybridized carbons (Fsp3) is 0.639. The molecule has 248 valence electrons. The molecule has 1 atom stereocenters. The van der Waals surface area contributed by atoms with E-state index in [1.54, 1.807) is 28.4 Å². The SMILES string of the molecule is COc1cc(C)c(S(=O)(=O)N2CCCCC2COCC(=O)N(C)CCC2CCC(c3ccccc3)(N3CCCC3)CC2)c(C)c1. The van der Waals surface area contributed by atoms with Crippen molar-refractivity contribution in [2.24, 2.45) is 5.92 Å². The van der Waals surface area contributed by atoms with Crippen molar-refractivity contribution >= 4 is 15.9 Å². The van der Waals surface area contributed by atoms with E-state index in [0.29, 0.717) is 34.2 Å². The molecule has 8 nitrogen and oxygen atoms in total. The molecule has 2 aromatic carbocycles. The summed E-state index contributed by atoms with van der Waals surface area (Å²) in [6.07, 6.45) is 10.8. The molecule has 2 heterocycles. The molecule has 3 fully saturated rings. The average Bonchev–Trinajstić information content (AvgIpc) is 3.60. The maximum absolute atomic E-state index is 13.8. The van der Waals surface area contributed by atoms with E-state index < -0.39 is 10.0 Å². The Bertz CT molecular complexity index is 1360. The zero-order chi connectivity index (χ0) is 32.0. The van der Waals surface area contributed by atoms with Crippen LogP contribution in [0.4, 0.5) is 0 Å². The summed E-state index contributed by atoms with van der Waals surface area (Å²) in [7, 11) is -0.273. The molecule has 1 unspecified atom stereocenters. The molecule has 2 aliphatic heterocycles. The first kappa shape index (κ1) is 33.9. The van der Waals surface area contributed by atoms with Crippen LogP contribution < -0.4 is 4.74 Å². The summed E-state index contributed by atoms with van der Waals surface area (Å²) in [6.45, 7) is 7.38. The molecular weight excluding hydrogens is 586 g/mol. The van der Waals surface area contributed by atoms with Gasteiger partial charge in [-0.3, -0.25) is 9.69 Å². The van der Waals surface area contributed by atoms with Crippen molar-refractivity contribution < 1.29 is 22.7 Å². The molecule has 1 aliphatic carbocycles. The number of benzene rings is 2. The summed E-state index contributed by atoms with van der Waals surface area (Å²) < 4.78 is 40.5. The zero-order valence-electron chi connectivity index (χ0n) is 27.8. The van der Waals surface area contributed by atoms with Crippen molar-refractivity contribution in [2.75, 3.05) is 53.6 Å². The summed E-state index contributed by atoms with van der Waals surface area (Å²) in [5.41, 5.74) is 2.98. The number of likely N-dealkylation sites (N-methyl/N-ethyl adjacent to an activating group) is 1. The maximum Gasteiger partial charge on any atom is 0.248 e. The van der Waals surface area contributed by atoms with Crippen LogP contribution in [0.1, 0.15) is 80.9 Å². The highest BCUT2D eigenvalue weighted by molar-refractivity contribution is 7.89. The normalized spacial score (nSPS) is 24.9. The first-order valence-electron chi connectivity index (χ1n) is 16.9. The monoisotopic (exact) mass is 639 g/mol. The number of likely N-dealkylation sites (tertiary alicyclic amines) is 1. The van der Waals surface area contributed by atoms with Gasteiger partial charge in [0.1, 0.15) is 12.4 Å². The lowest BCUT2D eigenvalue weighted by molar-refractivity contribution is -0.135. The van der Waals surface area contributed by atoms with Gasteiger partial charge in [0.2, 0.25) is 15.9 Å². The molecule has 0 bridgehead atoms. The largest absolute Gasteiger partial charge is 0.497 e. The lowest BCUT2D eigenvalue weighted by Crippen LogP contribution is -2.47. The Balaban J connectivity index is 1.10. The van der Waals surface area contributed by atoms with Crippen LogP contribution in [0, 0.1) is 19.8 Å². The van der Waals surface area contributed by atoms with Crippen molar-refractivity contribution in [2.45, 2.75) is 94.5 Å². The highest BCUT2D eigenvalue weighted by Crippen LogP contribution is 2.46. The molecule has 0 aromatic heterocycles. The summed E-state index contributed by atoms with van der Waals surface area (Å²) in [4.78, 5) is 17.9. The number of nitrogens with zero attached hydrogens (tertiary/aromatic N) is 3. The van der Waals surface area contributed by atoms with E-state index in [0.717, 1.165) is 32.2 Å². The molecule has 9 heteroatoms. The van der Waals surface area contributed by atoms with Gasteiger partial charge in [0.15, 0.2) is 0 Å². The number of hydrogen-bond donors (Lipinski definition) is 0. The van der Waals surface area contributed by atoms with E-state index in [1.165, 1.54) is 57.2 Å². The van der Waals surface area contributed by atoms with Crippen molar-refractivity contribution in [3.63, 3.8) is 0 Å². The first-order valence-corrected chi connectivity index (χ1v) is 18.4. The number of piperidine rings is 1. The highest BCUT2D eigenvalue weighted by Gasteiger charge is 2.42. The minimum Gasteiger partial charge on any atom is -0.497 e. The molecule has 1 saturated carbocycles. The Morgan fingerprint density at radius 2 is 1.60 bits per heavy atom. The van der Waals surface area contributed by atoms with Gasteiger partial charge in [-0.1, -0.05) is 36.8 Å². The maximum atomic E-state index is 13.8. The Kier molecular flexibility index (Phi) is 11.3. The van der Waals surface area contributed by atoms with Crippen LogP contribution in [0.3, 0.4) is 0 Å². The van der Waals surface area contributed by atoms with Crippen molar-refractivity contribution in [1.29, 1.82) is 0 Å². The molecular formula is C36H53N3O5S. The zero-order valence-corrected chi connectivity index (χ0v) is 28.6. The van der Waals surface area contributed by atoms with Gasteiger partial charge in [-0.2, -0.15) is 4.31 Å². The molecule has 0 N–H and O–H groups in total. The third-order valence-corrected chi connectivity index (χ3v) is 12.9. The van der Waals surface area contributed by atoms with Crippen LogP contribution in [-0.4, -0.2) is 88.0 Å². The van der Waals surface area contributed by atoms with Gasteiger partial charge in [-0.05, 0) is 119 Å². The third kappa shape index (κ3) is 7.58. The van der Waals surface area contributed by atoms with E-state index in [9.17, 15) is 13.2 Å². The number of hydrogen-bond acceptors (Lipinski definition) is 6. The third-order valence-electron chi connectivity index (χ3n) is 10.6. The number of amides is 1. The smallest absolute Gasteiger partial charge is 0.248 e. The number of carbonyl (C=O) groups is 1. The van der Waals surface area contributed by atoms with Crippen LogP contribution in [-0.2, 0) is 25.1 Å². The summed E-state index contributed by atoms with van der Waals surface area (Å²) in [5, 5.41) is 0. The van der Waals surface area contributed by atoms with E-state index in [-0.39, 0.29) is 30.7 Å². The molecule has 0 radical (unpaired) electrons. The number of ether oxygens (including phenoxy) is 2. The number of sulfonamides is 1. The van der Waals surface area contributed by atoms with Gasteiger partial charge < -0.3 is 14.4 Å². The average molecular weight is 640 g/mol. The van der Waals surface area contributed by atoms with Crippen LogP contribution in [0.5, 0.6) is 5.75 Å². The van der Waals surface area contributed by atoms with Crippen molar-refractivity contribution in [3.05, 3.63) is 59.2 Å². The second-order valence-electron chi connectivity index (χ2n) is 13.5. The van der Waals surface area contributed by atoms with Crippen LogP contribution in [0.2, 0.25) is 0 Å². The van der Waals surface area contributed by atoms with Gasteiger partial charge in [0.05, 0.1) is 18.6 Å². The van der Waals surface area contributed by atoms with E-state index >= 15 is 0 Å². The lowest BCUT2D eigenvalue weighted by atomic mass is 9.71. The molecule has 2 aromatic rings. The van der Waals surface area contributed by atoms with E-state index in [1.807, 2.05) is 20.9 Å². The highest BCUT2D eigenvalue weighted by atomic mass is 32.2. The summed E-state index contributed by atoms with van der Waals surface area (Å²) >= 11 is 0. The molecule has 5 rings (SSSR count). The second-order valence-corrected chi connectivity index (χ2v) is 15.3. The summed E-state index contributed by atoms with van der Waals surface area (Å²) in [5.74, 6) is 1.22. The summed E-state index contributed by atoms with van der Waals surface area (Å²) in [6, 6.07) is 14.3. The van der Waals surface area contributed by atoms with Gasteiger partial charge in [-0.15, -0.1) is 0 Å². The number of rotatable bonds is 12. The predicted octanol–water partition coefficient (Wildman–Crippen LogP) is 5.90. The molecule has 2 saturated heterocycles. The number of methoxy groups -OCH3 is 1. The number of aryl methyl sites for hydroxylation is 2. The first-order chi connectivity index (χ1) is 21.7. The molecule has 0 spiro atoms. The Hall–Kier alpha value is -2.46. The quantitative estimate of drug-likeness (QED) is 0.288. The fourth-order valence-electron chi connectivity index (χ4n) is 8.03. The number of carbonyl (C=O) groups excluding carboxylic acids is 1. The fourth-order valence-corrected chi connectivity index (χ4v) is 10.1. The molecule has 3 aliphatic rings. The minimum absolute atomic E-state index is 0.0295. The van der Waals surface area contributed by atoms with Crippen LogP contribution in [0.25, 0.3) is 0 Å². The standard InChI is InChI=1S/C36H53N3O5S/c1-28-24-33(43-4)25-29(2)35(28)45(41,42)39-22-9-8-14-32(39)26-44-27-34(40)37(3)23-17-30-15-18-36(19-16-30,38-20-10-11-21-38)31-12-6-5-7-13-31/h5-7,12-13,24-25,30,32H,8-11,14-23,26-27H2,1-4H3. The Morgan fingerprint density at radius 1 is 0.956 bits per heavy atom. The van der Waals surface area contributed by atoms with Crippen LogP contribution >= 0.6 is 0 Å². The van der Waals surface area contributed by atoms with Gasteiger partial charge in [0.25, 0.3) is 0 Å². The second kappa shape index (κ2) is 15.0. The van der Waals surface area contributed by atoms with Crippen molar-refractivity contribution in [3.8, 4) is 5.75 Å². The van der Waals surface area contributed by atoms with Crippen LogP contribution in [0.15, 0.2) is 47.4 Å². The van der Waals surface area contributed by atoms with Crippen molar-refractivity contribution in [1.82, 2.24) is 14.1 Å². The molecule has 1 amide bonds. The van der Waals surface area contributed by atoms with Gasteiger partial charge in [0, 0.05) is 31.7 Å². The Morgan fingerprint density at radius 3 is 2.24 bits per heavy atom. The predicted molar refractivity (Wildman–Crippen MR) is 178 cm³/mol. The van der Waals surface area contributed by atoms with Gasteiger partial charge in [-0.25, -0.2) is 8.42 Å². The van der Waals surface area contributed by atoms with E-state index in [2.05, 4.69) is 35.2 Å². The Labute approximate surface area is 271 Å².